The van der Waals surface area contributed by atoms with Gasteiger partial charge in [0, 0.05) is 16.9 Å². The Morgan fingerprint density at radius 2 is 2.00 bits per heavy atom. The number of nitrogens with zero attached hydrogens (tertiary/aromatic N) is 3. The van der Waals surface area contributed by atoms with Crippen LogP contribution in [0.2, 0.25) is 0 Å². The number of β-amino-alcohol motifs (C(OH)–C–C–N with tert-alkyl or cyclic N) is 1. The van der Waals surface area contributed by atoms with Gasteiger partial charge in [-0.25, -0.2) is 4.98 Å². The van der Waals surface area contributed by atoms with Gasteiger partial charge in [0.05, 0.1) is 13.1 Å². The number of rotatable bonds is 2. The van der Waals surface area contributed by atoms with Crippen LogP contribution in [0.4, 0.5) is 5.13 Å². The Labute approximate surface area is 106 Å². The number of aromatic nitrogens is 2. The van der Waals surface area contributed by atoms with Crippen molar-refractivity contribution in [3.63, 3.8) is 0 Å². The van der Waals surface area contributed by atoms with Gasteiger partial charge in [0.2, 0.25) is 5.13 Å². The summed E-state index contributed by atoms with van der Waals surface area (Å²) in [4.78, 5) is 6.72. The average Bonchev–Trinajstić information content (AvgIpc) is 2.90. The van der Waals surface area contributed by atoms with E-state index in [1.165, 1.54) is 24.4 Å². The lowest BCUT2D eigenvalue weighted by Crippen LogP contribution is -2.63. The summed E-state index contributed by atoms with van der Waals surface area (Å²) in [7, 11) is 0. The predicted molar refractivity (Wildman–Crippen MR) is 68.5 cm³/mol. The van der Waals surface area contributed by atoms with E-state index in [-0.39, 0.29) is 5.41 Å². The van der Waals surface area contributed by atoms with Crippen LogP contribution in [-0.4, -0.2) is 33.2 Å². The molecule has 0 atom stereocenters. The van der Waals surface area contributed by atoms with Gasteiger partial charge >= 0.3 is 0 Å². The SMILES string of the molecule is CC(C)(C)c1nsc(N2CC(O)(C3CC3)C2)n1. The van der Waals surface area contributed by atoms with E-state index in [1.807, 2.05) is 0 Å². The van der Waals surface area contributed by atoms with Crippen molar-refractivity contribution in [1.82, 2.24) is 9.36 Å². The highest BCUT2D eigenvalue weighted by Crippen LogP contribution is 2.46. The molecule has 1 saturated heterocycles. The Bertz CT molecular complexity index is 427. The molecule has 2 aliphatic rings. The minimum absolute atomic E-state index is 0.00636. The van der Waals surface area contributed by atoms with Crippen LogP contribution in [0.15, 0.2) is 0 Å². The molecule has 1 saturated carbocycles. The lowest BCUT2D eigenvalue weighted by atomic mass is 9.89. The summed E-state index contributed by atoms with van der Waals surface area (Å²) in [5.41, 5.74) is -0.431. The van der Waals surface area contributed by atoms with Gasteiger partial charge in [-0.15, -0.1) is 0 Å². The number of anilines is 1. The Morgan fingerprint density at radius 1 is 1.35 bits per heavy atom. The molecule has 5 heteroatoms. The van der Waals surface area contributed by atoms with E-state index in [4.69, 9.17) is 0 Å². The number of aliphatic hydroxyl groups is 1. The third kappa shape index (κ3) is 1.95. The molecule has 0 amide bonds. The molecule has 1 aromatic rings. The number of hydrogen-bond donors (Lipinski definition) is 1. The fourth-order valence-electron chi connectivity index (χ4n) is 2.28. The topological polar surface area (TPSA) is 49.2 Å². The van der Waals surface area contributed by atoms with Crippen LogP contribution in [0.25, 0.3) is 0 Å². The maximum absolute atomic E-state index is 10.3. The maximum Gasteiger partial charge on any atom is 0.205 e. The molecular formula is C12H19N3OS. The largest absolute Gasteiger partial charge is 0.386 e. The predicted octanol–water partition coefficient (Wildman–Crippen LogP) is 1.80. The second-order valence-corrected chi connectivity index (χ2v) is 7.11. The fraction of sp³-hybridized carbons (Fsp3) is 0.833. The van der Waals surface area contributed by atoms with E-state index in [9.17, 15) is 5.11 Å². The Hall–Kier alpha value is -0.680. The first-order valence-corrected chi connectivity index (χ1v) is 6.97. The zero-order valence-electron chi connectivity index (χ0n) is 10.6. The van der Waals surface area contributed by atoms with E-state index in [0.717, 1.165) is 24.0 Å². The molecule has 94 valence electrons. The summed E-state index contributed by atoms with van der Waals surface area (Å²) >= 11 is 1.45. The van der Waals surface area contributed by atoms with Crippen molar-refractivity contribution >= 4 is 16.7 Å². The molecule has 1 N–H and O–H groups in total. The molecule has 2 fully saturated rings. The third-order valence-corrected chi connectivity index (χ3v) is 4.40. The molecule has 3 rings (SSSR count). The molecule has 0 bridgehead atoms. The van der Waals surface area contributed by atoms with Gasteiger partial charge in [0.1, 0.15) is 11.4 Å². The normalized spacial score (nSPS) is 23.6. The highest BCUT2D eigenvalue weighted by molar-refractivity contribution is 7.09. The van der Waals surface area contributed by atoms with Crippen molar-refractivity contribution in [3.8, 4) is 0 Å². The fourth-order valence-corrected chi connectivity index (χ4v) is 3.13. The van der Waals surface area contributed by atoms with Crippen LogP contribution in [0.3, 0.4) is 0 Å². The van der Waals surface area contributed by atoms with Gasteiger partial charge in [0.15, 0.2) is 0 Å². The molecule has 0 unspecified atom stereocenters. The molecule has 17 heavy (non-hydrogen) atoms. The zero-order valence-corrected chi connectivity index (χ0v) is 11.4. The van der Waals surface area contributed by atoms with Crippen molar-refractivity contribution in [2.24, 2.45) is 5.92 Å². The summed E-state index contributed by atoms with van der Waals surface area (Å²) in [6, 6.07) is 0. The molecule has 1 aliphatic heterocycles. The minimum atomic E-state index is -0.437. The van der Waals surface area contributed by atoms with Gasteiger partial charge in [0.25, 0.3) is 0 Å². The monoisotopic (exact) mass is 253 g/mol. The Balaban J connectivity index is 1.69. The van der Waals surface area contributed by atoms with E-state index in [0.29, 0.717) is 5.92 Å². The summed E-state index contributed by atoms with van der Waals surface area (Å²) in [6.07, 6.45) is 2.38. The lowest BCUT2D eigenvalue weighted by Gasteiger charge is -2.46. The molecule has 0 spiro atoms. The first kappa shape index (κ1) is 11.4. The van der Waals surface area contributed by atoms with Crippen LogP contribution >= 0.6 is 11.5 Å². The van der Waals surface area contributed by atoms with Crippen molar-refractivity contribution in [2.45, 2.75) is 44.6 Å². The molecule has 0 radical (unpaired) electrons. The molecular weight excluding hydrogens is 234 g/mol. The molecule has 4 nitrogen and oxygen atoms in total. The minimum Gasteiger partial charge on any atom is -0.386 e. The van der Waals surface area contributed by atoms with Crippen LogP contribution in [0.5, 0.6) is 0 Å². The van der Waals surface area contributed by atoms with E-state index < -0.39 is 5.60 Å². The summed E-state index contributed by atoms with van der Waals surface area (Å²) in [5, 5.41) is 11.2. The Morgan fingerprint density at radius 3 is 2.47 bits per heavy atom. The van der Waals surface area contributed by atoms with Gasteiger partial charge in [-0.2, -0.15) is 4.37 Å². The molecule has 2 heterocycles. The first-order chi connectivity index (χ1) is 7.88. The van der Waals surface area contributed by atoms with Crippen LogP contribution < -0.4 is 4.90 Å². The second-order valence-electron chi connectivity index (χ2n) is 6.38. The highest BCUT2D eigenvalue weighted by Gasteiger charge is 2.52. The number of hydrogen-bond acceptors (Lipinski definition) is 5. The van der Waals surface area contributed by atoms with E-state index in [2.05, 4.69) is 35.0 Å². The van der Waals surface area contributed by atoms with Crippen molar-refractivity contribution < 1.29 is 5.11 Å². The quantitative estimate of drug-likeness (QED) is 0.873. The van der Waals surface area contributed by atoms with Crippen LogP contribution in [-0.2, 0) is 5.41 Å². The maximum atomic E-state index is 10.3. The Kier molecular flexibility index (Phi) is 2.29. The average molecular weight is 253 g/mol. The van der Waals surface area contributed by atoms with Crippen LogP contribution in [0.1, 0.15) is 39.4 Å². The first-order valence-electron chi connectivity index (χ1n) is 6.20. The smallest absolute Gasteiger partial charge is 0.205 e. The second kappa shape index (κ2) is 3.42. The molecule has 0 aromatic carbocycles. The van der Waals surface area contributed by atoms with Crippen molar-refractivity contribution in [3.05, 3.63) is 5.82 Å². The van der Waals surface area contributed by atoms with Crippen LogP contribution in [0, 0.1) is 5.92 Å². The van der Waals surface area contributed by atoms with Crippen molar-refractivity contribution in [2.75, 3.05) is 18.0 Å². The lowest BCUT2D eigenvalue weighted by molar-refractivity contribution is -0.00933. The van der Waals surface area contributed by atoms with Gasteiger partial charge < -0.3 is 10.0 Å². The standard InChI is InChI=1S/C12H19N3OS/c1-11(2,3)9-13-10(17-14-9)15-6-12(16,7-15)8-4-5-8/h8,16H,4-7H2,1-3H3. The van der Waals surface area contributed by atoms with Crippen molar-refractivity contribution in [1.29, 1.82) is 0 Å². The van der Waals surface area contributed by atoms with E-state index in [1.54, 1.807) is 0 Å². The molecule has 1 aliphatic carbocycles. The van der Waals surface area contributed by atoms with Gasteiger partial charge in [-0.3, -0.25) is 0 Å². The molecule has 1 aromatic heterocycles. The highest BCUT2D eigenvalue weighted by atomic mass is 32.1. The summed E-state index contributed by atoms with van der Waals surface area (Å²) < 4.78 is 4.41. The van der Waals surface area contributed by atoms with Gasteiger partial charge in [-0.1, -0.05) is 20.8 Å². The summed E-state index contributed by atoms with van der Waals surface area (Å²) in [6.45, 7) is 7.83. The third-order valence-electron chi connectivity index (χ3n) is 3.62. The van der Waals surface area contributed by atoms with E-state index >= 15 is 0 Å². The van der Waals surface area contributed by atoms with Gasteiger partial charge in [-0.05, 0) is 18.8 Å². The summed E-state index contributed by atoms with van der Waals surface area (Å²) in [5.74, 6) is 1.44. The zero-order chi connectivity index (χ0) is 12.3.